The smallest absolute Gasteiger partial charge is 0.240 e. The van der Waals surface area contributed by atoms with Crippen LogP contribution in [0.1, 0.15) is 0 Å². The molecule has 0 saturated carbocycles. The Morgan fingerprint density at radius 1 is 1.05 bits per heavy atom. The van der Waals surface area contributed by atoms with Crippen LogP contribution in [0.25, 0.3) is 16.8 Å². The maximum absolute atomic E-state index is 11.4. The molecule has 0 unspecified atom stereocenters. The van der Waals surface area contributed by atoms with E-state index in [1.807, 2.05) is 12.1 Å². The first-order valence-electron chi connectivity index (χ1n) is 5.86. The molecule has 0 saturated heterocycles. The fourth-order valence-electron chi connectivity index (χ4n) is 1.97. The highest BCUT2D eigenvalue weighted by atomic mass is 32.2. The lowest BCUT2D eigenvalue weighted by molar-refractivity contribution is 0.602. The first-order chi connectivity index (χ1) is 9.43. The van der Waals surface area contributed by atoms with Gasteiger partial charge in [-0.3, -0.25) is 0 Å². The van der Waals surface area contributed by atoms with Gasteiger partial charge in [0, 0.05) is 18.0 Å². The minimum absolute atomic E-state index is 0.217. The lowest BCUT2D eigenvalue weighted by atomic mass is 10.1. The van der Waals surface area contributed by atoms with Gasteiger partial charge in [0.25, 0.3) is 0 Å². The number of anilines is 1. The molecule has 2 N–H and O–H groups in total. The van der Waals surface area contributed by atoms with Gasteiger partial charge in [0.05, 0.1) is 4.90 Å². The predicted molar refractivity (Wildman–Crippen MR) is 75.9 cm³/mol. The maximum atomic E-state index is 11.4. The zero-order valence-corrected chi connectivity index (χ0v) is 11.5. The third kappa shape index (κ3) is 2.23. The number of aromatic nitrogens is 3. The molecule has 0 aliphatic heterocycles. The maximum Gasteiger partial charge on any atom is 0.240 e. The van der Waals surface area contributed by atoms with Gasteiger partial charge >= 0.3 is 0 Å². The van der Waals surface area contributed by atoms with Crippen molar-refractivity contribution >= 4 is 21.4 Å². The van der Waals surface area contributed by atoms with Crippen molar-refractivity contribution < 1.29 is 8.42 Å². The highest BCUT2D eigenvalue weighted by molar-refractivity contribution is 7.90. The first kappa shape index (κ1) is 12.6. The zero-order valence-electron chi connectivity index (χ0n) is 10.7. The first-order valence-corrected chi connectivity index (χ1v) is 7.75. The Balaban J connectivity index is 2.06. The van der Waals surface area contributed by atoms with Crippen LogP contribution in [0.3, 0.4) is 0 Å². The van der Waals surface area contributed by atoms with E-state index in [9.17, 15) is 8.42 Å². The third-order valence-electron chi connectivity index (χ3n) is 2.96. The quantitative estimate of drug-likeness (QED) is 0.769. The van der Waals surface area contributed by atoms with Crippen LogP contribution in [-0.2, 0) is 9.84 Å². The number of fused-ring (bicyclic) bond motifs is 1. The van der Waals surface area contributed by atoms with Gasteiger partial charge < -0.3 is 5.73 Å². The number of nitrogen functional groups attached to an aromatic ring is 1. The van der Waals surface area contributed by atoms with E-state index < -0.39 is 9.84 Å². The molecule has 6 nitrogen and oxygen atoms in total. The summed E-state index contributed by atoms with van der Waals surface area (Å²) in [7, 11) is -3.18. The number of pyridine rings is 1. The van der Waals surface area contributed by atoms with Crippen molar-refractivity contribution in [1.82, 2.24) is 14.6 Å². The van der Waals surface area contributed by atoms with Crippen molar-refractivity contribution in [3.05, 3.63) is 42.6 Å². The van der Waals surface area contributed by atoms with E-state index in [0.717, 1.165) is 11.1 Å². The molecule has 1 aromatic carbocycles. The molecule has 0 spiro atoms. The lowest BCUT2D eigenvalue weighted by Crippen LogP contribution is -1.96. The normalized spacial score (nSPS) is 11.8. The molecule has 0 bridgehead atoms. The van der Waals surface area contributed by atoms with Crippen LogP contribution in [0.5, 0.6) is 0 Å². The summed E-state index contributed by atoms with van der Waals surface area (Å²) in [5, 5.41) is 4.04. The summed E-state index contributed by atoms with van der Waals surface area (Å²) >= 11 is 0. The Morgan fingerprint density at radius 3 is 2.35 bits per heavy atom. The van der Waals surface area contributed by atoms with E-state index in [1.54, 1.807) is 35.0 Å². The number of sulfone groups is 1. The second-order valence-corrected chi connectivity index (χ2v) is 6.50. The molecular formula is C13H12N4O2S. The molecule has 2 heterocycles. The van der Waals surface area contributed by atoms with Crippen LogP contribution in [0.2, 0.25) is 0 Å². The van der Waals surface area contributed by atoms with Crippen LogP contribution in [-0.4, -0.2) is 29.3 Å². The Morgan fingerprint density at radius 2 is 1.70 bits per heavy atom. The molecule has 3 rings (SSSR count). The predicted octanol–water partition coefficient (Wildman–Crippen LogP) is 1.38. The molecule has 102 valence electrons. The summed E-state index contributed by atoms with van der Waals surface area (Å²) in [6.07, 6.45) is 2.99. The number of rotatable bonds is 2. The van der Waals surface area contributed by atoms with Crippen molar-refractivity contribution in [2.24, 2.45) is 0 Å². The summed E-state index contributed by atoms with van der Waals surface area (Å²) in [6, 6.07) is 10.4. The summed E-state index contributed by atoms with van der Waals surface area (Å²) in [5.41, 5.74) is 8.00. The molecule has 0 aliphatic rings. The van der Waals surface area contributed by atoms with Crippen LogP contribution in [0.15, 0.2) is 47.5 Å². The van der Waals surface area contributed by atoms with Gasteiger partial charge in [-0.2, -0.15) is 4.98 Å². The SMILES string of the molecule is CS(=O)(=O)c1ccc(-c2ccc3nc(N)nn3c2)cc1. The van der Waals surface area contributed by atoms with Crippen molar-refractivity contribution in [1.29, 1.82) is 0 Å². The van der Waals surface area contributed by atoms with E-state index in [4.69, 9.17) is 5.73 Å². The van der Waals surface area contributed by atoms with E-state index in [0.29, 0.717) is 10.5 Å². The molecule has 0 amide bonds. The van der Waals surface area contributed by atoms with E-state index in [2.05, 4.69) is 10.1 Å². The molecule has 0 aliphatic carbocycles. The van der Waals surface area contributed by atoms with Crippen LogP contribution in [0.4, 0.5) is 5.95 Å². The average molecular weight is 288 g/mol. The van der Waals surface area contributed by atoms with Gasteiger partial charge in [-0.05, 0) is 29.8 Å². The number of hydrogen-bond donors (Lipinski definition) is 1. The zero-order chi connectivity index (χ0) is 14.3. The molecule has 3 aromatic rings. The minimum Gasteiger partial charge on any atom is -0.366 e. The Hall–Kier alpha value is -2.41. The molecule has 0 atom stereocenters. The van der Waals surface area contributed by atoms with Crippen LogP contribution in [0, 0.1) is 0 Å². The minimum atomic E-state index is -3.18. The van der Waals surface area contributed by atoms with E-state index in [1.165, 1.54) is 6.26 Å². The second kappa shape index (κ2) is 4.31. The van der Waals surface area contributed by atoms with Gasteiger partial charge in [0.1, 0.15) is 0 Å². The van der Waals surface area contributed by atoms with Gasteiger partial charge in [0.2, 0.25) is 5.95 Å². The molecular weight excluding hydrogens is 276 g/mol. The molecule has 0 radical (unpaired) electrons. The highest BCUT2D eigenvalue weighted by Crippen LogP contribution is 2.21. The summed E-state index contributed by atoms with van der Waals surface area (Å²) < 4.78 is 24.4. The largest absolute Gasteiger partial charge is 0.366 e. The van der Waals surface area contributed by atoms with Gasteiger partial charge in [0.15, 0.2) is 15.5 Å². The van der Waals surface area contributed by atoms with Crippen LogP contribution < -0.4 is 5.73 Å². The second-order valence-electron chi connectivity index (χ2n) is 4.49. The molecule has 2 aromatic heterocycles. The van der Waals surface area contributed by atoms with Crippen molar-refractivity contribution in [3.63, 3.8) is 0 Å². The van der Waals surface area contributed by atoms with E-state index in [-0.39, 0.29) is 5.95 Å². The Bertz CT molecular complexity index is 882. The Kier molecular flexibility index (Phi) is 2.72. The molecule has 7 heteroatoms. The fraction of sp³-hybridized carbons (Fsp3) is 0.0769. The summed E-state index contributed by atoms with van der Waals surface area (Å²) in [4.78, 5) is 4.34. The third-order valence-corrected chi connectivity index (χ3v) is 4.09. The standard InChI is InChI=1S/C13H12N4O2S/c1-20(18,19)11-5-2-9(3-6-11)10-4-7-12-15-13(14)16-17(12)8-10/h2-8H,1H3,(H2,14,16). The monoisotopic (exact) mass is 288 g/mol. The lowest BCUT2D eigenvalue weighted by Gasteiger charge is -2.03. The number of benzene rings is 1. The van der Waals surface area contributed by atoms with Crippen molar-refractivity contribution in [2.75, 3.05) is 12.0 Å². The van der Waals surface area contributed by atoms with Crippen molar-refractivity contribution in [2.45, 2.75) is 4.90 Å². The van der Waals surface area contributed by atoms with Crippen molar-refractivity contribution in [3.8, 4) is 11.1 Å². The van der Waals surface area contributed by atoms with Gasteiger partial charge in [-0.1, -0.05) is 12.1 Å². The van der Waals surface area contributed by atoms with Crippen LogP contribution >= 0.6 is 0 Å². The van der Waals surface area contributed by atoms with Gasteiger partial charge in [-0.25, -0.2) is 12.9 Å². The average Bonchev–Trinajstić information content (AvgIpc) is 2.77. The number of hydrogen-bond acceptors (Lipinski definition) is 5. The highest BCUT2D eigenvalue weighted by Gasteiger charge is 2.08. The Labute approximate surface area is 115 Å². The van der Waals surface area contributed by atoms with Gasteiger partial charge in [-0.15, -0.1) is 5.10 Å². The molecule has 20 heavy (non-hydrogen) atoms. The topological polar surface area (TPSA) is 90.3 Å². The van der Waals surface area contributed by atoms with E-state index >= 15 is 0 Å². The number of nitrogens with two attached hydrogens (primary N) is 1. The summed E-state index contributed by atoms with van der Waals surface area (Å²) in [5.74, 6) is 0.217. The summed E-state index contributed by atoms with van der Waals surface area (Å²) in [6.45, 7) is 0. The number of nitrogens with zero attached hydrogens (tertiary/aromatic N) is 3. The molecule has 0 fully saturated rings. The fourth-order valence-corrected chi connectivity index (χ4v) is 2.60.